The van der Waals surface area contributed by atoms with Crippen molar-refractivity contribution in [3.63, 3.8) is 0 Å². The Kier molecular flexibility index (Phi) is 10.3. The maximum Gasteiger partial charge on any atom is 0.266 e. The first-order valence-corrected chi connectivity index (χ1v) is 11.4. The third-order valence-corrected chi connectivity index (χ3v) is 6.01. The summed E-state index contributed by atoms with van der Waals surface area (Å²) < 4.78 is 0. The number of nitrogens with one attached hydrogen (secondary N) is 2. The van der Waals surface area contributed by atoms with E-state index in [0.29, 0.717) is 25.3 Å². The summed E-state index contributed by atoms with van der Waals surface area (Å²) in [5.74, 6) is -0.777. The molecule has 1 aliphatic heterocycles. The molecule has 0 aromatic rings. The lowest BCUT2D eigenvalue weighted by atomic mass is 9.89. The molecule has 2 fully saturated rings. The average molecular weight is 470 g/mol. The van der Waals surface area contributed by atoms with Crippen molar-refractivity contribution in [2.45, 2.75) is 64.0 Å². The Morgan fingerprint density at radius 1 is 1.24 bits per heavy atom. The molecule has 1 unspecified atom stereocenters. The number of nitrogens with two attached hydrogens (primary N) is 1. The van der Waals surface area contributed by atoms with Crippen LogP contribution in [0.4, 0.5) is 0 Å². The molecular weight excluding hydrogens is 434 g/mol. The van der Waals surface area contributed by atoms with Gasteiger partial charge in [0.15, 0.2) is 5.03 Å². The molecule has 13 nitrogen and oxygen atoms in total. The van der Waals surface area contributed by atoms with Crippen LogP contribution in [0.1, 0.15) is 51.9 Å². The van der Waals surface area contributed by atoms with Gasteiger partial charge >= 0.3 is 0 Å². The number of aliphatic hydroxyl groups is 1. The number of piperazine rings is 1. The van der Waals surface area contributed by atoms with Crippen LogP contribution < -0.4 is 16.4 Å². The zero-order chi connectivity index (χ0) is 24.4. The predicted molar refractivity (Wildman–Crippen MR) is 119 cm³/mol. The number of carbonyl (C=O) groups excluding carboxylic acids is 3. The van der Waals surface area contributed by atoms with Crippen LogP contribution >= 0.6 is 0 Å². The maximum atomic E-state index is 12.5. The Hall–Kier alpha value is -2.96. The number of hydrazone groups is 1. The van der Waals surface area contributed by atoms with Crippen LogP contribution in [0.2, 0.25) is 0 Å². The Labute approximate surface area is 192 Å². The lowest BCUT2D eigenvalue weighted by Gasteiger charge is -2.36. The summed E-state index contributed by atoms with van der Waals surface area (Å²) in [6.45, 7) is 1.99. The smallest absolute Gasteiger partial charge is 0.266 e. The highest BCUT2D eigenvalue weighted by Crippen LogP contribution is 2.25. The second-order valence-corrected chi connectivity index (χ2v) is 8.73. The molecule has 0 spiro atoms. The van der Waals surface area contributed by atoms with Crippen molar-refractivity contribution in [1.29, 1.82) is 0 Å². The van der Waals surface area contributed by atoms with Crippen LogP contribution in [0, 0.1) is 16.0 Å². The lowest BCUT2D eigenvalue weighted by molar-refractivity contribution is -0.485. The quantitative estimate of drug-likeness (QED) is 0.0974. The normalized spacial score (nSPS) is 19.9. The number of nitro groups is 1. The minimum Gasteiger partial charge on any atom is -0.391 e. The Morgan fingerprint density at radius 2 is 1.88 bits per heavy atom. The largest absolute Gasteiger partial charge is 0.391 e. The second-order valence-electron chi connectivity index (χ2n) is 8.73. The van der Waals surface area contributed by atoms with Gasteiger partial charge in [-0.05, 0) is 38.5 Å². The van der Waals surface area contributed by atoms with Crippen molar-refractivity contribution >= 4 is 23.7 Å². The van der Waals surface area contributed by atoms with Gasteiger partial charge in [0.05, 0.1) is 18.7 Å². The molecule has 1 heterocycles. The molecule has 13 heteroatoms. The molecule has 1 saturated carbocycles. The van der Waals surface area contributed by atoms with Crippen LogP contribution in [0.15, 0.2) is 5.10 Å². The van der Waals surface area contributed by atoms with Crippen molar-refractivity contribution in [2.75, 3.05) is 32.7 Å². The highest BCUT2D eigenvalue weighted by atomic mass is 16.7. The first-order valence-electron chi connectivity index (χ1n) is 11.4. The van der Waals surface area contributed by atoms with Crippen LogP contribution in [0.25, 0.3) is 0 Å². The highest BCUT2D eigenvalue weighted by Gasteiger charge is 2.33. The van der Waals surface area contributed by atoms with Gasteiger partial charge in [-0.15, -0.1) is 0 Å². The molecule has 2 aliphatic rings. The van der Waals surface area contributed by atoms with Crippen molar-refractivity contribution in [3.8, 4) is 0 Å². The topological polar surface area (TPSA) is 184 Å². The fraction of sp³-hybridized carbons (Fsp3) is 0.800. The number of hydrogen-bond donors (Lipinski definition) is 4. The number of guanidine groups is 1. The van der Waals surface area contributed by atoms with E-state index < -0.39 is 23.1 Å². The van der Waals surface area contributed by atoms with Crippen LogP contribution in [-0.2, 0) is 14.4 Å². The van der Waals surface area contributed by atoms with Gasteiger partial charge < -0.3 is 31.3 Å². The van der Waals surface area contributed by atoms with E-state index >= 15 is 0 Å². The van der Waals surface area contributed by atoms with E-state index in [1.807, 2.05) is 0 Å². The fourth-order valence-electron chi connectivity index (χ4n) is 4.22. The molecule has 1 saturated heterocycles. The van der Waals surface area contributed by atoms with Gasteiger partial charge in [0.1, 0.15) is 18.2 Å². The van der Waals surface area contributed by atoms with Crippen molar-refractivity contribution in [3.05, 3.63) is 10.1 Å². The molecule has 1 aliphatic carbocycles. The number of carbonyl (C=O) groups is 3. The molecule has 5 N–H and O–H groups in total. The molecule has 186 valence electrons. The molecule has 2 atom stereocenters. The third kappa shape index (κ3) is 9.20. The maximum absolute atomic E-state index is 12.5. The Balaban J connectivity index is 1.77. The second kappa shape index (κ2) is 12.9. The molecule has 3 amide bonds. The van der Waals surface area contributed by atoms with Crippen LogP contribution in [0.3, 0.4) is 0 Å². The molecule has 33 heavy (non-hydrogen) atoms. The van der Waals surface area contributed by atoms with Crippen molar-refractivity contribution in [2.24, 2.45) is 16.8 Å². The molecule has 0 bridgehead atoms. The summed E-state index contributed by atoms with van der Waals surface area (Å²) in [5.41, 5.74) is 5.33. The van der Waals surface area contributed by atoms with Gasteiger partial charge in [-0.25, -0.2) is 10.1 Å². The Bertz CT molecular complexity index is 738. The van der Waals surface area contributed by atoms with Crippen molar-refractivity contribution in [1.82, 2.24) is 20.4 Å². The zero-order valence-corrected chi connectivity index (χ0v) is 19.1. The minimum atomic E-state index is -0.914. The SMILES string of the molecule is CC(O)[C@H](CCCN/C(N)=N/[N+](=O)[O-])NC(=O)CN1CC(=O)N(CC2CCCCC2)CC1=O. The van der Waals surface area contributed by atoms with E-state index in [0.717, 1.165) is 25.7 Å². The minimum absolute atomic E-state index is 0.0127. The lowest BCUT2D eigenvalue weighted by Crippen LogP contribution is -2.57. The van der Waals surface area contributed by atoms with E-state index in [-0.39, 0.29) is 44.0 Å². The molecule has 0 radical (unpaired) electrons. The summed E-state index contributed by atoms with van der Waals surface area (Å²) in [4.78, 5) is 50.6. The number of nitrogens with zero attached hydrogens (tertiary/aromatic N) is 4. The summed E-state index contributed by atoms with van der Waals surface area (Å²) >= 11 is 0. The van der Waals surface area contributed by atoms with Gasteiger partial charge in [-0.2, -0.15) is 0 Å². The van der Waals surface area contributed by atoms with Crippen LogP contribution in [-0.4, -0.2) is 88.5 Å². The number of amides is 3. The summed E-state index contributed by atoms with van der Waals surface area (Å²) in [5, 5.41) is 27.5. The van der Waals surface area contributed by atoms with Gasteiger partial charge in [0.25, 0.3) is 5.96 Å². The summed E-state index contributed by atoms with van der Waals surface area (Å²) in [6, 6.07) is -0.591. The van der Waals surface area contributed by atoms with Gasteiger partial charge in [0.2, 0.25) is 17.7 Å². The molecular formula is C20H35N7O6. The standard InChI is InChI=1S/C20H35N7O6/c1-14(28)16(8-5-9-22-20(21)24-27(32)33)23-17(29)11-26-13-18(30)25(12-19(26)31)10-15-6-3-2-4-7-15/h14-16,28H,2-13H2,1H3,(H,23,29)(H3,21,22,24)/t14?,16-/m0/s1. The third-order valence-electron chi connectivity index (χ3n) is 6.01. The predicted octanol–water partition coefficient (Wildman–Crippen LogP) is -1.02. The summed E-state index contributed by atoms with van der Waals surface area (Å²) in [6.07, 6.45) is 5.65. The van der Waals surface area contributed by atoms with E-state index in [2.05, 4.69) is 15.7 Å². The number of rotatable bonds is 11. The Morgan fingerprint density at radius 3 is 2.52 bits per heavy atom. The highest BCUT2D eigenvalue weighted by molar-refractivity contribution is 5.95. The van der Waals surface area contributed by atoms with E-state index in [1.54, 1.807) is 4.90 Å². The van der Waals surface area contributed by atoms with Gasteiger partial charge in [-0.3, -0.25) is 14.4 Å². The fourth-order valence-corrected chi connectivity index (χ4v) is 4.22. The first kappa shape index (κ1) is 26.3. The number of hydrogen-bond acceptors (Lipinski definition) is 6. The van der Waals surface area contributed by atoms with Crippen LogP contribution in [0.5, 0.6) is 0 Å². The van der Waals surface area contributed by atoms with E-state index in [4.69, 9.17) is 5.73 Å². The van der Waals surface area contributed by atoms with Gasteiger partial charge in [0, 0.05) is 13.1 Å². The zero-order valence-electron chi connectivity index (χ0n) is 19.1. The average Bonchev–Trinajstić information content (AvgIpc) is 2.74. The monoisotopic (exact) mass is 469 g/mol. The summed E-state index contributed by atoms with van der Waals surface area (Å²) in [7, 11) is 0. The van der Waals surface area contributed by atoms with Crippen molar-refractivity contribution < 1.29 is 24.5 Å². The molecule has 0 aromatic carbocycles. The van der Waals surface area contributed by atoms with E-state index in [1.165, 1.54) is 18.2 Å². The first-order chi connectivity index (χ1) is 15.7. The number of aliphatic hydroxyl groups excluding tert-OH is 1. The van der Waals surface area contributed by atoms with Gasteiger partial charge in [-0.1, -0.05) is 19.3 Å². The van der Waals surface area contributed by atoms with E-state index in [9.17, 15) is 29.6 Å². The molecule has 2 rings (SSSR count). The molecule has 0 aromatic heterocycles.